The van der Waals surface area contributed by atoms with E-state index < -0.39 is 10.0 Å². The largest absolute Gasteiger partial charge is 0.316 e. The molecule has 2 aromatic carbocycles. The highest BCUT2D eigenvalue weighted by atomic mass is 32.2. The molecule has 21 heavy (non-hydrogen) atoms. The third-order valence-electron chi connectivity index (χ3n) is 3.28. The van der Waals surface area contributed by atoms with Crippen molar-refractivity contribution in [2.75, 3.05) is 14.1 Å². The Morgan fingerprint density at radius 3 is 2.29 bits per heavy atom. The molecule has 4 nitrogen and oxygen atoms in total. The van der Waals surface area contributed by atoms with E-state index >= 15 is 0 Å². The monoisotopic (exact) mass is 304 g/mol. The van der Waals surface area contributed by atoms with E-state index in [1.165, 1.54) is 4.31 Å². The number of hydrogen-bond donors (Lipinski definition) is 1. The molecular formula is C16H20N2O2S. The molecule has 0 spiro atoms. The predicted molar refractivity (Wildman–Crippen MR) is 84.3 cm³/mol. The Morgan fingerprint density at radius 2 is 1.62 bits per heavy atom. The first-order chi connectivity index (χ1) is 10.1. The first-order valence-electron chi connectivity index (χ1n) is 6.78. The van der Waals surface area contributed by atoms with Gasteiger partial charge in [-0.15, -0.1) is 0 Å². The van der Waals surface area contributed by atoms with E-state index in [0.29, 0.717) is 18.0 Å². The molecule has 0 aliphatic heterocycles. The van der Waals surface area contributed by atoms with E-state index in [9.17, 15) is 8.42 Å². The second-order valence-corrected chi connectivity index (χ2v) is 6.90. The maximum atomic E-state index is 12.7. The van der Waals surface area contributed by atoms with Crippen LogP contribution in [-0.2, 0) is 23.1 Å². The van der Waals surface area contributed by atoms with Gasteiger partial charge in [0.05, 0.1) is 4.90 Å². The molecule has 0 heterocycles. The maximum absolute atomic E-state index is 12.7. The number of benzene rings is 2. The van der Waals surface area contributed by atoms with Crippen LogP contribution < -0.4 is 5.32 Å². The predicted octanol–water partition coefficient (Wildman–Crippen LogP) is 2.23. The average molecular weight is 304 g/mol. The maximum Gasteiger partial charge on any atom is 0.243 e. The minimum atomic E-state index is -3.50. The zero-order valence-corrected chi connectivity index (χ0v) is 13.1. The summed E-state index contributed by atoms with van der Waals surface area (Å²) >= 11 is 0. The SMILES string of the molecule is CNCc1ccccc1S(=O)(=O)N(C)Cc1ccccc1. The Labute approximate surface area is 126 Å². The van der Waals surface area contributed by atoms with Crippen LogP contribution in [0.2, 0.25) is 0 Å². The number of nitrogens with zero attached hydrogens (tertiary/aromatic N) is 1. The lowest BCUT2D eigenvalue weighted by Crippen LogP contribution is -2.27. The summed E-state index contributed by atoms with van der Waals surface area (Å²) < 4.78 is 26.8. The van der Waals surface area contributed by atoms with Gasteiger partial charge in [0.2, 0.25) is 10.0 Å². The Bertz CT molecular complexity index is 684. The molecule has 0 radical (unpaired) electrons. The Kier molecular flexibility index (Phi) is 5.12. The molecule has 0 bridgehead atoms. The van der Waals surface area contributed by atoms with E-state index in [0.717, 1.165) is 11.1 Å². The highest BCUT2D eigenvalue weighted by Crippen LogP contribution is 2.20. The lowest BCUT2D eigenvalue weighted by atomic mass is 10.2. The molecular weight excluding hydrogens is 284 g/mol. The van der Waals surface area contributed by atoms with Gasteiger partial charge in [-0.25, -0.2) is 8.42 Å². The summed E-state index contributed by atoms with van der Waals surface area (Å²) in [6, 6.07) is 16.7. The molecule has 0 saturated heterocycles. The van der Waals surface area contributed by atoms with Crippen molar-refractivity contribution in [1.82, 2.24) is 9.62 Å². The molecule has 0 aromatic heterocycles. The van der Waals surface area contributed by atoms with Crippen LogP contribution in [0.25, 0.3) is 0 Å². The molecule has 0 aliphatic carbocycles. The summed E-state index contributed by atoms with van der Waals surface area (Å²) in [5.41, 5.74) is 1.74. The van der Waals surface area contributed by atoms with Gasteiger partial charge >= 0.3 is 0 Å². The van der Waals surface area contributed by atoms with Gasteiger partial charge in [0, 0.05) is 20.1 Å². The summed E-state index contributed by atoms with van der Waals surface area (Å²) in [5.74, 6) is 0. The minimum Gasteiger partial charge on any atom is -0.316 e. The van der Waals surface area contributed by atoms with Crippen molar-refractivity contribution in [3.63, 3.8) is 0 Å². The first kappa shape index (κ1) is 15.7. The molecule has 0 amide bonds. The second-order valence-electron chi connectivity index (χ2n) is 4.88. The quantitative estimate of drug-likeness (QED) is 0.890. The zero-order chi connectivity index (χ0) is 15.3. The fourth-order valence-corrected chi connectivity index (χ4v) is 3.56. The van der Waals surface area contributed by atoms with Gasteiger partial charge in [0.25, 0.3) is 0 Å². The van der Waals surface area contributed by atoms with Crippen LogP contribution in [-0.4, -0.2) is 26.8 Å². The number of rotatable bonds is 6. The fourth-order valence-electron chi connectivity index (χ4n) is 2.19. The van der Waals surface area contributed by atoms with Crippen molar-refractivity contribution in [3.05, 3.63) is 65.7 Å². The number of hydrogen-bond acceptors (Lipinski definition) is 3. The standard InChI is InChI=1S/C16H20N2O2S/c1-17-12-15-10-6-7-11-16(15)21(19,20)18(2)13-14-8-4-3-5-9-14/h3-11,17H,12-13H2,1-2H3. The molecule has 112 valence electrons. The zero-order valence-electron chi connectivity index (χ0n) is 12.3. The number of nitrogens with one attached hydrogen (secondary N) is 1. The minimum absolute atomic E-state index is 0.358. The molecule has 0 unspecified atom stereocenters. The van der Waals surface area contributed by atoms with Gasteiger partial charge in [0.15, 0.2) is 0 Å². The van der Waals surface area contributed by atoms with Crippen molar-refractivity contribution >= 4 is 10.0 Å². The van der Waals surface area contributed by atoms with E-state index in [2.05, 4.69) is 5.32 Å². The average Bonchev–Trinajstić information content (AvgIpc) is 2.49. The smallest absolute Gasteiger partial charge is 0.243 e. The lowest BCUT2D eigenvalue weighted by molar-refractivity contribution is 0.465. The fraction of sp³-hybridized carbons (Fsp3) is 0.250. The Hall–Kier alpha value is -1.69. The van der Waals surface area contributed by atoms with Gasteiger partial charge in [-0.05, 0) is 24.2 Å². The van der Waals surface area contributed by atoms with E-state index in [-0.39, 0.29) is 0 Å². The molecule has 0 fully saturated rings. The van der Waals surface area contributed by atoms with E-state index in [4.69, 9.17) is 0 Å². The Morgan fingerprint density at radius 1 is 1.00 bits per heavy atom. The summed E-state index contributed by atoms with van der Waals surface area (Å²) in [4.78, 5) is 0.359. The van der Waals surface area contributed by atoms with Crippen molar-refractivity contribution in [2.24, 2.45) is 0 Å². The summed E-state index contributed by atoms with van der Waals surface area (Å²) in [6.07, 6.45) is 0. The summed E-state index contributed by atoms with van der Waals surface area (Å²) in [6.45, 7) is 0.881. The Balaban J connectivity index is 2.29. The third kappa shape index (κ3) is 3.69. The molecule has 0 saturated carbocycles. The van der Waals surface area contributed by atoms with E-state index in [1.54, 1.807) is 26.2 Å². The first-order valence-corrected chi connectivity index (χ1v) is 8.22. The van der Waals surface area contributed by atoms with Crippen LogP contribution in [0.1, 0.15) is 11.1 Å². The highest BCUT2D eigenvalue weighted by molar-refractivity contribution is 7.89. The summed E-state index contributed by atoms with van der Waals surface area (Å²) in [7, 11) is -0.0844. The second kappa shape index (κ2) is 6.85. The number of sulfonamides is 1. The molecule has 0 aliphatic rings. The normalized spacial score (nSPS) is 11.8. The van der Waals surface area contributed by atoms with Crippen molar-refractivity contribution < 1.29 is 8.42 Å². The van der Waals surface area contributed by atoms with Crippen molar-refractivity contribution in [2.45, 2.75) is 18.0 Å². The van der Waals surface area contributed by atoms with Crippen molar-refractivity contribution in [3.8, 4) is 0 Å². The van der Waals surface area contributed by atoms with Crippen LogP contribution in [0.15, 0.2) is 59.5 Å². The van der Waals surface area contributed by atoms with Crippen LogP contribution in [0.4, 0.5) is 0 Å². The van der Waals surface area contributed by atoms with Gasteiger partial charge < -0.3 is 5.32 Å². The van der Waals surface area contributed by atoms with Gasteiger partial charge in [-0.3, -0.25) is 0 Å². The van der Waals surface area contributed by atoms with Crippen LogP contribution in [0.3, 0.4) is 0 Å². The topological polar surface area (TPSA) is 49.4 Å². The highest BCUT2D eigenvalue weighted by Gasteiger charge is 2.23. The van der Waals surface area contributed by atoms with Gasteiger partial charge in [-0.2, -0.15) is 4.31 Å². The van der Waals surface area contributed by atoms with Gasteiger partial charge in [-0.1, -0.05) is 48.5 Å². The lowest BCUT2D eigenvalue weighted by Gasteiger charge is -2.19. The molecule has 2 rings (SSSR count). The third-order valence-corrected chi connectivity index (χ3v) is 5.18. The van der Waals surface area contributed by atoms with Gasteiger partial charge in [0.1, 0.15) is 0 Å². The molecule has 1 N–H and O–H groups in total. The van der Waals surface area contributed by atoms with Crippen LogP contribution in [0, 0.1) is 0 Å². The molecule has 2 aromatic rings. The van der Waals surface area contributed by atoms with Crippen molar-refractivity contribution in [1.29, 1.82) is 0 Å². The van der Waals surface area contributed by atoms with Crippen LogP contribution >= 0.6 is 0 Å². The molecule has 5 heteroatoms. The molecule has 0 atom stereocenters. The van der Waals surface area contributed by atoms with Crippen LogP contribution in [0.5, 0.6) is 0 Å². The summed E-state index contributed by atoms with van der Waals surface area (Å²) in [5, 5.41) is 3.00. The van der Waals surface area contributed by atoms with E-state index in [1.807, 2.05) is 42.5 Å².